The average molecular weight is 490 g/mol. The molecule has 4 rings (SSSR count). The van der Waals surface area contributed by atoms with Gasteiger partial charge in [0.15, 0.2) is 4.96 Å². The molecule has 0 saturated heterocycles. The number of halogens is 2. The molecule has 0 spiro atoms. The number of aryl methyl sites for hydroxylation is 1. The molecule has 3 heterocycles. The highest BCUT2D eigenvalue weighted by Crippen LogP contribution is 2.22. The molecule has 0 saturated carbocycles. The van der Waals surface area contributed by atoms with Crippen LogP contribution >= 0.6 is 34.5 Å². The Bertz CT molecular complexity index is 1190. The Morgan fingerprint density at radius 1 is 1.22 bits per heavy atom. The molecule has 3 aromatic heterocycles. The zero-order valence-corrected chi connectivity index (χ0v) is 19.5. The third-order valence-electron chi connectivity index (χ3n) is 5.07. The molecule has 166 valence electrons. The van der Waals surface area contributed by atoms with E-state index in [-0.39, 0.29) is 27.8 Å². The fourth-order valence-electron chi connectivity index (χ4n) is 3.33. The highest BCUT2D eigenvalue weighted by atomic mass is 35.5. The Morgan fingerprint density at radius 3 is 2.69 bits per heavy atom. The second-order valence-electron chi connectivity index (χ2n) is 7.38. The van der Waals surface area contributed by atoms with Crippen molar-refractivity contribution in [3.05, 3.63) is 81.3 Å². The maximum Gasteiger partial charge on any atom is 0.268 e. The Kier molecular flexibility index (Phi) is 6.83. The van der Waals surface area contributed by atoms with Gasteiger partial charge in [0.25, 0.3) is 5.91 Å². The number of H-pyrrole nitrogens is 1. The maximum atomic E-state index is 13.1. The number of hydrogen-bond donors (Lipinski definition) is 3. The van der Waals surface area contributed by atoms with Crippen molar-refractivity contribution in [1.29, 1.82) is 0 Å². The minimum atomic E-state index is -0.755. The number of carbonyl (C=O) groups is 2. The predicted molar refractivity (Wildman–Crippen MR) is 126 cm³/mol. The first-order valence-electron chi connectivity index (χ1n) is 10.0. The minimum absolute atomic E-state index is 0.176. The van der Waals surface area contributed by atoms with Crippen LogP contribution in [0.5, 0.6) is 0 Å². The molecule has 0 unspecified atom stereocenters. The number of benzene rings is 1. The third kappa shape index (κ3) is 5.15. The van der Waals surface area contributed by atoms with E-state index in [1.165, 1.54) is 17.4 Å². The minimum Gasteiger partial charge on any atom is -0.346 e. The molecule has 0 radical (unpaired) electrons. The summed E-state index contributed by atoms with van der Waals surface area (Å²) in [4.78, 5) is 34.0. The second kappa shape index (κ2) is 9.77. The Balaban J connectivity index is 1.47. The van der Waals surface area contributed by atoms with Gasteiger partial charge in [0.1, 0.15) is 16.9 Å². The zero-order chi connectivity index (χ0) is 22.7. The van der Waals surface area contributed by atoms with Gasteiger partial charge in [0.05, 0.1) is 16.8 Å². The molecule has 2 atom stereocenters. The van der Waals surface area contributed by atoms with E-state index in [1.807, 2.05) is 59.4 Å². The molecular weight excluding hydrogens is 469 g/mol. The number of aromatic amines is 1. The lowest BCUT2D eigenvalue weighted by Gasteiger charge is -2.20. The number of nitrogens with zero attached hydrogens (tertiary/aromatic N) is 2. The summed E-state index contributed by atoms with van der Waals surface area (Å²) in [5.74, 6) is -0.746. The third-order valence-corrected chi connectivity index (χ3v) is 6.53. The first-order valence-corrected chi connectivity index (χ1v) is 11.7. The van der Waals surface area contributed by atoms with Crippen molar-refractivity contribution >= 4 is 51.3 Å². The van der Waals surface area contributed by atoms with Crippen molar-refractivity contribution in [2.75, 3.05) is 0 Å². The van der Waals surface area contributed by atoms with Crippen molar-refractivity contribution in [2.24, 2.45) is 0 Å². The van der Waals surface area contributed by atoms with Crippen LogP contribution in [0.25, 0.3) is 4.96 Å². The molecule has 0 fully saturated rings. The summed E-state index contributed by atoms with van der Waals surface area (Å²) in [5, 5.41) is 8.14. The van der Waals surface area contributed by atoms with Gasteiger partial charge in [0.2, 0.25) is 5.91 Å². The summed E-state index contributed by atoms with van der Waals surface area (Å²) in [6, 6.07) is 10.2. The summed E-state index contributed by atoms with van der Waals surface area (Å²) in [7, 11) is 0. The number of rotatable bonds is 8. The van der Waals surface area contributed by atoms with Crippen molar-refractivity contribution in [2.45, 2.75) is 31.8 Å². The van der Waals surface area contributed by atoms with Gasteiger partial charge >= 0.3 is 0 Å². The number of nitrogens with one attached hydrogen (secondary N) is 3. The Labute approximate surface area is 198 Å². The SMILES string of the molecule is C[C@H](NC(=O)[C@H](CCc1ccccc1)NC(=O)c1cc(Cl)c(Cl)[nH]1)c1cn2ccsc2n1. The van der Waals surface area contributed by atoms with Crippen LogP contribution in [0, 0.1) is 0 Å². The quantitative estimate of drug-likeness (QED) is 0.336. The summed E-state index contributed by atoms with van der Waals surface area (Å²) < 4.78 is 1.91. The van der Waals surface area contributed by atoms with Gasteiger partial charge < -0.3 is 15.6 Å². The number of hydrogen-bond acceptors (Lipinski definition) is 4. The molecular formula is C22H21Cl2N5O2S. The van der Waals surface area contributed by atoms with Gasteiger partial charge in [-0.1, -0.05) is 53.5 Å². The monoisotopic (exact) mass is 489 g/mol. The van der Waals surface area contributed by atoms with Crippen LogP contribution in [-0.4, -0.2) is 32.2 Å². The molecule has 7 nitrogen and oxygen atoms in total. The van der Waals surface area contributed by atoms with E-state index in [0.29, 0.717) is 12.8 Å². The summed E-state index contributed by atoms with van der Waals surface area (Å²) in [6.07, 6.45) is 4.85. The molecule has 32 heavy (non-hydrogen) atoms. The van der Waals surface area contributed by atoms with Gasteiger partial charge in [-0.3, -0.25) is 14.0 Å². The molecule has 0 aliphatic heterocycles. The second-order valence-corrected chi connectivity index (χ2v) is 9.04. The van der Waals surface area contributed by atoms with Gasteiger partial charge in [0, 0.05) is 17.8 Å². The van der Waals surface area contributed by atoms with E-state index >= 15 is 0 Å². The molecule has 0 aliphatic rings. The van der Waals surface area contributed by atoms with Gasteiger partial charge in [-0.15, -0.1) is 11.3 Å². The molecule has 4 aromatic rings. The molecule has 2 amide bonds. The average Bonchev–Trinajstić information content (AvgIpc) is 3.47. The molecule has 3 N–H and O–H groups in total. The summed E-state index contributed by atoms with van der Waals surface area (Å²) >= 11 is 13.4. The number of aromatic nitrogens is 3. The van der Waals surface area contributed by atoms with Gasteiger partial charge in [-0.25, -0.2) is 4.98 Å². The highest BCUT2D eigenvalue weighted by molar-refractivity contribution is 7.15. The largest absolute Gasteiger partial charge is 0.346 e. The van der Waals surface area contributed by atoms with Crippen molar-refractivity contribution in [1.82, 2.24) is 25.0 Å². The predicted octanol–water partition coefficient (Wildman–Crippen LogP) is 4.64. The number of carbonyl (C=O) groups excluding carboxylic acids is 2. The summed E-state index contributed by atoms with van der Waals surface area (Å²) in [5.41, 5.74) is 2.02. The van der Waals surface area contributed by atoms with Gasteiger partial charge in [-0.2, -0.15) is 0 Å². The first kappa shape index (κ1) is 22.4. The van der Waals surface area contributed by atoms with E-state index in [9.17, 15) is 9.59 Å². The lowest BCUT2D eigenvalue weighted by molar-refractivity contribution is -0.123. The van der Waals surface area contributed by atoms with Crippen LogP contribution in [0.2, 0.25) is 10.2 Å². The number of amides is 2. The van der Waals surface area contributed by atoms with E-state index in [0.717, 1.165) is 16.2 Å². The Hall–Kier alpha value is -2.81. The van der Waals surface area contributed by atoms with Crippen LogP contribution in [-0.2, 0) is 11.2 Å². The molecule has 0 aliphatic carbocycles. The fraction of sp³-hybridized carbons (Fsp3) is 0.227. The van der Waals surface area contributed by atoms with E-state index in [2.05, 4.69) is 20.6 Å². The van der Waals surface area contributed by atoms with Crippen LogP contribution in [0.4, 0.5) is 0 Å². The van der Waals surface area contributed by atoms with Crippen LogP contribution in [0.3, 0.4) is 0 Å². The molecule has 10 heteroatoms. The van der Waals surface area contributed by atoms with Crippen LogP contribution in [0.1, 0.15) is 41.1 Å². The first-order chi connectivity index (χ1) is 15.4. The Morgan fingerprint density at radius 2 is 2.00 bits per heavy atom. The van der Waals surface area contributed by atoms with Crippen molar-refractivity contribution in [3.63, 3.8) is 0 Å². The number of imidazole rings is 1. The van der Waals surface area contributed by atoms with Crippen molar-refractivity contribution < 1.29 is 9.59 Å². The van der Waals surface area contributed by atoms with Crippen LogP contribution < -0.4 is 10.6 Å². The topological polar surface area (TPSA) is 91.3 Å². The maximum absolute atomic E-state index is 13.1. The van der Waals surface area contributed by atoms with Crippen molar-refractivity contribution in [3.8, 4) is 0 Å². The number of fused-ring (bicyclic) bond motifs is 1. The van der Waals surface area contributed by atoms with Gasteiger partial charge in [-0.05, 0) is 31.4 Å². The lowest BCUT2D eigenvalue weighted by atomic mass is 10.0. The standard InChI is InChI=1S/C22H21Cl2N5O2S/c1-13(18-12-29-9-10-32-22(29)28-18)25-20(30)16(8-7-14-5-3-2-4-6-14)27-21(31)17-11-15(23)19(24)26-17/h2-6,9-13,16,26H,7-8H2,1H3,(H,25,30)(H,27,31)/t13-,16-/m0/s1. The lowest BCUT2D eigenvalue weighted by Crippen LogP contribution is -2.47. The van der Waals surface area contributed by atoms with E-state index in [1.54, 1.807) is 0 Å². The smallest absolute Gasteiger partial charge is 0.268 e. The van der Waals surface area contributed by atoms with Crippen LogP contribution in [0.15, 0.2) is 54.2 Å². The summed E-state index contributed by atoms with van der Waals surface area (Å²) in [6.45, 7) is 1.87. The molecule has 1 aromatic carbocycles. The molecule has 0 bridgehead atoms. The van der Waals surface area contributed by atoms with E-state index < -0.39 is 11.9 Å². The zero-order valence-electron chi connectivity index (χ0n) is 17.1. The fourth-order valence-corrected chi connectivity index (χ4v) is 4.35. The van der Waals surface area contributed by atoms with E-state index in [4.69, 9.17) is 23.2 Å². The highest BCUT2D eigenvalue weighted by Gasteiger charge is 2.25. The number of thiazole rings is 1. The normalized spacial score (nSPS) is 13.1.